The van der Waals surface area contributed by atoms with E-state index in [1.165, 1.54) is 0 Å². The zero-order chi connectivity index (χ0) is 9.97. The molecular weight excluding hydrogens is 198 g/mol. The fourth-order valence-corrected chi connectivity index (χ4v) is 1.40. The first-order valence-electron chi connectivity index (χ1n) is 3.75. The first kappa shape index (κ1) is 8.59. The molecule has 2 aromatic rings. The van der Waals surface area contributed by atoms with Crippen molar-refractivity contribution >= 4 is 16.7 Å². The van der Waals surface area contributed by atoms with Gasteiger partial charge in [0.05, 0.1) is 11.6 Å². The largest absolute Gasteiger partial charge is 0.374 e. The molecule has 0 atom stereocenters. The molecule has 2 heterocycles. The molecule has 0 radical (unpaired) electrons. The van der Waals surface area contributed by atoms with Crippen molar-refractivity contribution in [3.63, 3.8) is 0 Å². The Kier molecular flexibility index (Phi) is 2.08. The van der Waals surface area contributed by atoms with E-state index in [-0.39, 0.29) is 0 Å². The van der Waals surface area contributed by atoms with Crippen LogP contribution in [0.4, 0.5) is 5.13 Å². The quantitative estimate of drug-likeness (QED) is 0.748. The maximum atomic E-state index is 8.67. The summed E-state index contributed by atoms with van der Waals surface area (Å²) in [5, 5.41) is 9.07. The highest BCUT2D eigenvalue weighted by Crippen LogP contribution is 2.17. The standard InChI is InChI=1S/C8H5N5S/c9-4-5-1-2-11-6(3-5)7-12-8(10)14-13-7/h1-3H,(H2,10,12,13). The van der Waals surface area contributed by atoms with Crippen LogP contribution in [0.15, 0.2) is 18.3 Å². The molecule has 0 bridgehead atoms. The topological polar surface area (TPSA) is 88.5 Å². The number of pyridine rings is 1. The highest BCUT2D eigenvalue weighted by molar-refractivity contribution is 7.09. The van der Waals surface area contributed by atoms with Gasteiger partial charge in [-0.3, -0.25) is 4.98 Å². The number of nitrogens with zero attached hydrogens (tertiary/aromatic N) is 4. The number of anilines is 1. The van der Waals surface area contributed by atoms with Crippen molar-refractivity contribution in [2.45, 2.75) is 0 Å². The van der Waals surface area contributed by atoms with Gasteiger partial charge in [-0.05, 0) is 12.1 Å². The van der Waals surface area contributed by atoms with Crippen molar-refractivity contribution in [2.75, 3.05) is 5.73 Å². The van der Waals surface area contributed by atoms with Crippen molar-refractivity contribution in [1.82, 2.24) is 14.3 Å². The fraction of sp³-hybridized carbons (Fsp3) is 0. The highest BCUT2D eigenvalue weighted by atomic mass is 32.1. The third-order valence-electron chi connectivity index (χ3n) is 1.56. The third-order valence-corrected chi connectivity index (χ3v) is 2.10. The Labute approximate surface area is 84.0 Å². The second-order valence-electron chi connectivity index (χ2n) is 2.50. The fourth-order valence-electron chi connectivity index (χ4n) is 0.962. The summed E-state index contributed by atoms with van der Waals surface area (Å²) in [6.45, 7) is 0. The Morgan fingerprint density at radius 1 is 1.50 bits per heavy atom. The summed E-state index contributed by atoms with van der Waals surface area (Å²) >= 11 is 1.11. The Bertz CT molecular complexity index is 498. The number of nitrogen functional groups attached to an aromatic ring is 1. The van der Waals surface area contributed by atoms with Crippen LogP contribution in [0, 0.1) is 11.3 Å². The molecular formula is C8H5N5S. The molecule has 0 spiro atoms. The molecule has 5 nitrogen and oxygen atoms in total. The molecule has 2 aromatic heterocycles. The van der Waals surface area contributed by atoms with E-state index in [0.29, 0.717) is 22.2 Å². The zero-order valence-corrected chi connectivity index (χ0v) is 7.82. The second-order valence-corrected chi connectivity index (χ2v) is 3.28. The zero-order valence-electron chi connectivity index (χ0n) is 7.01. The lowest BCUT2D eigenvalue weighted by Gasteiger charge is -1.93. The lowest BCUT2D eigenvalue weighted by Crippen LogP contribution is -1.88. The minimum Gasteiger partial charge on any atom is -0.374 e. The molecule has 0 aliphatic rings. The third kappa shape index (κ3) is 1.53. The predicted octanol–water partition coefficient (Wildman–Crippen LogP) is 1.05. The second kappa shape index (κ2) is 3.40. The number of hydrogen-bond acceptors (Lipinski definition) is 6. The monoisotopic (exact) mass is 203 g/mol. The molecule has 2 rings (SSSR count). The summed E-state index contributed by atoms with van der Waals surface area (Å²) in [7, 11) is 0. The van der Waals surface area contributed by atoms with Crippen LogP contribution in [-0.4, -0.2) is 14.3 Å². The van der Waals surface area contributed by atoms with Gasteiger partial charge in [0.1, 0.15) is 5.69 Å². The van der Waals surface area contributed by atoms with Gasteiger partial charge in [-0.15, -0.1) is 0 Å². The van der Waals surface area contributed by atoms with Gasteiger partial charge in [0, 0.05) is 17.7 Å². The maximum absolute atomic E-state index is 8.67. The molecule has 68 valence electrons. The number of nitrogens with two attached hydrogens (primary N) is 1. The van der Waals surface area contributed by atoms with Gasteiger partial charge >= 0.3 is 0 Å². The minimum absolute atomic E-state index is 0.393. The van der Waals surface area contributed by atoms with Gasteiger partial charge < -0.3 is 5.73 Å². The summed E-state index contributed by atoms with van der Waals surface area (Å²) in [6.07, 6.45) is 1.55. The van der Waals surface area contributed by atoms with E-state index in [4.69, 9.17) is 11.0 Å². The molecule has 0 aliphatic carbocycles. The van der Waals surface area contributed by atoms with E-state index in [0.717, 1.165) is 11.5 Å². The Balaban J connectivity index is 2.47. The van der Waals surface area contributed by atoms with Gasteiger partial charge in [0.15, 0.2) is 11.0 Å². The van der Waals surface area contributed by atoms with Crippen LogP contribution in [0.1, 0.15) is 5.56 Å². The van der Waals surface area contributed by atoms with Crippen molar-refractivity contribution in [1.29, 1.82) is 5.26 Å². The van der Waals surface area contributed by atoms with Crippen LogP contribution >= 0.6 is 11.5 Å². The number of rotatable bonds is 1. The van der Waals surface area contributed by atoms with E-state index < -0.39 is 0 Å². The molecule has 2 N–H and O–H groups in total. The lowest BCUT2D eigenvalue weighted by atomic mass is 10.2. The molecule has 14 heavy (non-hydrogen) atoms. The Hall–Kier alpha value is -2.00. The van der Waals surface area contributed by atoms with E-state index in [2.05, 4.69) is 14.3 Å². The highest BCUT2D eigenvalue weighted by Gasteiger charge is 2.06. The summed E-state index contributed by atoms with van der Waals surface area (Å²) in [5.74, 6) is 0.463. The van der Waals surface area contributed by atoms with Crippen LogP contribution in [0.5, 0.6) is 0 Å². The number of aromatic nitrogens is 3. The van der Waals surface area contributed by atoms with Crippen molar-refractivity contribution < 1.29 is 0 Å². The molecule has 0 amide bonds. The van der Waals surface area contributed by atoms with Gasteiger partial charge in [-0.25, -0.2) is 0 Å². The number of nitriles is 1. The van der Waals surface area contributed by atoms with Crippen LogP contribution in [-0.2, 0) is 0 Å². The molecule has 0 aromatic carbocycles. The first-order valence-corrected chi connectivity index (χ1v) is 4.52. The van der Waals surface area contributed by atoms with E-state index in [9.17, 15) is 0 Å². The summed E-state index contributed by atoms with van der Waals surface area (Å²) < 4.78 is 4.00. The Morgan fingerprint density at radius 2 is 2.36 bits per heavy atom. The minimum atomic E-state index is 0.393. The van der Waals surface area contributed by atoms with Crippen LogP contribution < -0.4 is 5.73 Å². The lowest BCUT2D eigenvalue weighted by molar-refractivity contribution is 1.23. The molecule has 0 saturated heterocycles. The van der Waals surface area contributed by atoms with Crippen LogP contribution in [0.25, 0.3) is 11.5 Å². The average Bonchev–Trinajstić information content (AvgIpc) is 2.65. The van der Waals surface area contributed by atoms with E-state index in [1.807, 2.05) is 6.07 Å². The number of hydrogen-bond donors (Lipinski definition) is 1. The van der Waals surface area contributed by atoms with Crippen LogP contribution in [0.2, 0.25) is 0 Å². The van der Waals surface area contributed by atoms with Crippen molar-refractivity contribution in [3.8, 4) is 17.6 Å². The van der Waals surface area contributed by atoms with E-state index in [1.54, 1.807) is 18.3 Å². The predicted molar refractivity (Wildman–Crippen MR) is 52.3 cm³/mol. The maximum Gasteiger partial charge on any atom is 0.200 e. The summed E-state index contributed by atoms with van der Waals surface area (Å²) in [5.41, 5.74) is 6.54. The smallest absolute Gasteiger partial charge is 0.200 e. The normalized spacial score (nSPS) is 9.64. The summed E-state index contributed by atoms with van der Waals surface area (Å²) in [6, 6.07) is 5.27. The molecule has 6 heteroatoms. The molecule has 0 aliphatic heterocycles. The average molecular weight is 203 g/mol. The van der Waals surface area contributed by atoms with Crippen LogP contribution in [0.3, 0.4) is 0 Å². The van der Waals surface area contributed by atoms with Gasteiger partial charge in [0.2, 0.25) is 0 Å². The SMILES string of the molecule is N#Cc1ccnc(-c2nsc(N)n2)c1. The van der Waals surface area contributed by atoms with Crippen molar-refractivity contribution in [3.05, 3.63) is 23.9 Å². The van der Waals surface area contributed by atoms with Gasteiger partial charge in [0.25, 0.3) is 0 Å². The van der Waals surface area contributed by atoms with Gasteiger partial charge in [-0.1, -0.05) is 0 Å². The first-order chi connectivity index (χ1) is 6.79. The van der Waals surface area contributed by atoms with Gasteiger partial charge in [-0.2, -0.15) is 14.6 Å². The molecule has 0 saturated carbocycles. The van der Waals surface area contributed by atoms with Crippen molar-refractivity contribution in [2.24, 2.45) is 0 Å². The summed E-state index contributed by atoms with van der Waals surface area (Å²) in [4.78, 5) is 8.02. The Morgan fingerprint density at radius 3 is 3.00 bits per heavy atom. The molecule has 0 unspecified atom stereocenters. The van der Waals surface area contributed by atoms with E-state index >= 15 is 0 Å². The molecule has 0 fully saturated rings.